The van der Waals surface area contributed by atoms with Gasteiger partial charge in [0.25, 0.3) is 0 Å². The van der Waals surface area contributed by atoms with Crippen LogP contribution in [0.25, 0.3) is 0 Å². The van der Waals surface area contributed by atoms with Crippen molar-refractivity contribution in [1.29, 1.82) is 0 Å². The van der Waals surface area contributed by atoms with Gasteiger partial charge in [-0.15, -0.1) is 0 Å². The summed E-state index contributed by atoms with van der Waals surface area (Å²) in [6, 6.07) is 0. The zero-order valence-electron chi connectivity index (χ0n) is 7.72. The normalized spacial score (nSPS) is 8.93. The molecular formula is C8H13BrN2O3. The summed E-state index contributed by atoms with van der Waals surface area (Å²) in [5.74, 6) is -0.119. The molecule has 0 saturated carbocycles. The van der Waals surface area contributed by atoms with Crippen LogP contribution < -0.4 is 10.6 Å². The number of ether oxygens (including phenoxy) is 1. The fourth-order valence-electron chi connectivity index (χ4n) is 0.599. The molecule has 0 rings (SSSR count). The number of nitrogens with one attached hydrogen (secondary N) is 2. The Kier molecular flexibility index (Phi) is 7.92. The molecular weight excluding hydrogens is 252 g/mol. The lowest BCUT2D eigenvalue weighted by atomic mass is 10.6. The fraction of sp³-hybridized carbons (Fsp3) is 0.500. The summed E-state index contributed by atoms with van der Waals surface area (Å²) in [5.41, 5.74) is 0. The molecule has 5 nitrogen and oxygen atoms in total. The summed E-state index contributed by atoms with van der Waals surface area (Å²) < 4.78 is 4.63. The van der Waals surface area contributed by atoms with E-state index in [1.54, 1.807) is 0 Å². The van der Waals surface area contributed by atoms with Gasteiger partial charge >= 0.3 is 6.09 Å². The molecule has 0 aliphatic heterocycles. The molecule has 0 unspecified atom stereocenters. The predicted molar refractivity (Wildman–Crippen MR) is 56.4 cm³/mol. The van der Waals surface area contributed by atoms with Gasteiger partial charge in [0.1, 0.15) is 6.61 Å². The molecule has 6 heteroatoms. The van der Waals surface area contributed by atoms with Crippen LogP contribution in [-0.4, -0.2) is 37.0 Å². The first-order chi connectivity index (χ1) is 6.70. The highest BCUT2D eigenvalue weighted by Crippen LogP contribution is 1.78. The second-order valence-corrected chi connectivity index (χ2v) is 2.86. The van der Waals surface area contributed by atoms with Gasteiger partial charge in [-0.05, 0) is 0 Å². The van der Waals surface area contributed by atoms with Crippen molar-refractivity contribution in [1.82, 2.24) is 10.6 Å². The first kappa shape index (κ1) is 13.0. The molecule has 0 aromatic carbocycles. The van der Waals surface area contributed by atoms with Crippen LogP contribution in [0.1, 0.15) is 0 Å². The lowest BCUT2D eigenvalue weighted by Gasteiger charge is -2.05. The third-order valence-corrected chi connectivity index (χ3v) is 1.68. The van der Waals surface area contributed by atoms with Gasteiger partial charge in [-0.3, -0.25) is 4.79 Å². The van der Waals surface area contributed by atoms with E-state index in [9.17, 15) is 9.59 Å². The SMILES string of the molecule is C=CCOC(=O)NCCNC(=O)CBr. The van der Waals surface area contributed by atoms with Crippen molar-refractivity contribution in [2.45, 2.75) is 0 Å². The molecule has 0 aliphatic carbocycles. The largest absolute Gasteiger partial charge is 0.445 e. The number of halogens is 1. The maximum Gasteiger partial charge on any atom is 0.407 e. The quantitative estimate of drug-likeness (QED) is 0.415. The van der Waals surface area contributed by atoms with E-state index in [1.165, 1.54) is 6.08 Å². The third kappa shape index (κ3) is 7.60. The summed E-state index contributed by atoms with van der Waals surface area (Å²) in [7, 11) is 0. The molecule has 0 atom stereocenters. The van der Waals surface area contributed by atoms with E-state index >= 15 is 0 Å². The van der Waals surface area contributed by atoms with Gasteiger partial charge in [0, 0.05) is 13.1 Å². The van der Waals surface area contributed by atoms with E-state index in [0.717, 1.165) is 0 Å². The molecule has 0 saturated heterocycles. The monoisotopic (exact) mass is 264 g/mol. The fourth-order valence-corrected chi connectivity index (χ4v) is 0.798. The Balaban J connectivity index is 3.31. The molecule has 0 bridgehead atoms. The van der Waals surface area contributed by atoms with E-state index in [-0.39, 0.29) is 17.8 Å². The number of rotatable bonds is 6. The van der Waals surface area contributed by atoms with Crippen LogP contribution >= 0.6 is 15.9 Å². The van der Waals surface area contributed by atoms with Gasteiger partial charge in [0.05, 0.1) is 5.33 Å². The van der Waals surface area contributed by atoms with Crippen LogP contribution in [0.15, 0.2) is 12.7 Å². The Bertz CT molecular complexity index is 209. The highest BCUT2D eigenvalue weighted by atomic mass is 79.9. The van der Waals surface area contributed by atoms with Crippen molar-refractivity contribution in [3.05, 3.63) is 12.7 Å². The van der Waals surface area contributed by atoms with Crippen molar-refractivity contribution >= 4 is 27.9 Å². The second-order valence-electron chi connectivity index (χ2n) is 2.30. The minimum Gasteiger partial charge on any atom is -0.445 e. The minimum absolute atomic E-state index is 0.119. The summed E-state index contributed by atoms with van der Waals surface area (Å²) in [5, 5.41) is 5.28. The third-order valence-electron chi connectivity index (χ3n) is 1.17. The molecule has 0 aromatic rings. The molecule has 0 aliphatic rings. The van der Waals surface area contributed by atoms with Gasteiger partial charge in [-0.25, -0.2) is 4.79 Å². The Morgan fingerprint density at radius 3 is 2.57 bits per heavy atom. The first-order valence-corrected chi connectivity index (χ1v) is 5.17. The predicted octanol–water partition coefficient (Wildman–Crippen LogP) is 0.410. The van der Waals surface area contributed by atoms with E-state index in [0.29, 0.717) is 13.1 Å². The van der Waals surface area contributed by atoms with Crippen LogP contribution in [0, 0.1) is 0 Å². The van der Waals surface area contributed by atoms with Crippen LogP contribution in [0.2, 0.25) is 0 Å². The maximum atomic E-state index is 10.8. The second kappa shape index (κ2) is 8.55. The molecule has 0 heterocycles. The van der Waals surface area contributed by atoms with E-state index in [1.807, 2.05) is 0 Å². The zero-order valence-corrected chi connectivity index (χ0v) is 9.30. The number of carbonyl (C=O) groups excluding carboxylic acids is 2. The van der Waals surface area contributed by atoms with Crippen molar-refractivity contribution in [3.63, 3.8) is 0 Å². The summed E-state index contributed by atoms with van der Waals surface area (Å²) >= 11 is 2.99. The van der Waals surface area contributed by atoms with Crippen molar-refractivity contribution in [3.8, 4) is 0 Å². The molecule has 2 N–H and O–H groups in total. The van der Waals surface area contributed by atoms with Crippen LogP contribution in [-0.2, 0) is 9.53 Å². The molecule has 14 heavy (non-hydrogen) atoms. The van der Waals surface area contributed by atoms with Gasteiger partial charge in [0.2, 0.25) is 5.91 Å². The highest BCUT2D eigenvalue weighted by Gasteiger charge is 1.99. The summed E-state index contributed by atoms with van der Waals surface area (Å²) in [6.45, 7) is 4.30. The van der Waals surface area contributed by atoms with Gasteiger partial charge in [-0.1, -0.05) is 28.6 Å². The van der Waals surface area contributed by atoms with Gasteiger partial charge in [0.15, 0.2) is 0 Å². The number of amides is 2. The smallest absolute Gasteiger partial charge is 0.407 e. The average Bonchev–Trinajstić information content (AvgIpc) is 2.21. The number of carbonyl (C=O) groups is 2. The Morgan fingerprint density at radius 2 is 2.00 bits per heavy atom. The lowest BCUT2D eigenvalue weighted by molar-refractivity contribution is -0.118. The van der Waals surface area contributed by atoms with E-state index in [4.69, 9.17) is 0 Å². The standard InChI is InChI=1S/C8H13BrN2O3/c1-2-5-14-8(13)11-4-3-10-7(12)6-9/h2H,1,3-6H2,(H,10,12)(H,11,13). The van der Waals surface area contributed by atoms with Crippen molar-refractivity contribution in [2.75, 3.05) is 25.0 Å². The van der Waals surface area contributed by atoms with Crippen LogP contribution in [0.4, 0.5) is 4.79 Å². The van der Waals surface area contributed by atoms with E-state index < -0.39 is 6.09 Å². The number of alkyl halides is 1. The first-order valence-electron chi connectivity index (χ1n) is 4.05. The zero-order chi connectivity index (χ0) is 10.8. The summed E-state index contributed by atoms with van der Waals surface area (Å²) in [4.78, 5) is 21.5. The minimum atomic E-state index is -0.516. The highest BCUT2D eigenvalue weighted by molar-refractivity contribution is 9.09. The van der Waals surface area contributed by atoms with Crippen molar-refractivity contribution in [2.24, 2.45) is 0 Å². The van der Waals surface area contributed by atoms with E-state index in [2.05, 4.69) is 37.9 Å². The number of hydrogen-bond acceptors (Lipinski definition) is 3. The Hall–Kier alpha value is -1.04. The average molecular weight is 265 g/mol. The van der Waals surface area contributed by atoms with Crippen LogP contribution in [0.5, 0.6) is 0 Å². The Labute approximate surface area is 91.0 Å². The molecule has 80 valence electrons. The maximum absolute atomic E-state index is 10.8. The van der Waals surface area contributed by atoms with Crippen LogP contribution in [0.3, 0.4) is 0 Å². The Morgan fingerprint density at radius 1 is 1.36 bits per heavy atom. The molecule has 0 aromatic heterocycles. The molecule has 0 fully saturated rings. The van der Waals surface area contributed by atoms with Gasteiger partial charge in [-0.2, -0.15) is 0 Å². The molecule has 2 amide bonds. The topological polar surface area (TPSA) is 67.4 Å². The lowest BCUT2D eigenvalue weighted by Crippen LogP contribution is -2.35. The molecule has 0 spiro atoms. The molecule has 0 radical (unpaired) electrons. The summed E-state index contributed by atoms with van der Waals surface area (Å²) in [6.07, 6.45) is 0.963. The van der Waals surface area contributed by atoms with Gasteiger partial charge < -0.3 is 15.4 Å². The van der Waals surface area contributed by atoms with Crippen molar-refractivity contribution < 1.29 is 14.3 Å². The number of alkyl carbamates (subject to hydrolysis) is 1. The number of hydrogen-bond donors (Lipinski definition) is 2.